The highest BCUT2D eigenvalue weighted by Crippen LogP contribution is 2.42. The van der Waals surface area contributed by atoms with Gasteiger partial charge in [-0.2, -0.15) is 0 Å². The van der Waals surface area contributed by atoms with Crippen LogP contribution in [-0.2, 0) is 4.43 Å². The van der Waals surface area contributed by atoms with Gasteiger partial charge in [0, 0.05) is 30.5 Å². The lowest BCUT2D eigenvalue weighted by molar-refractivity contribution is 0.0874. The van der Waals surface area contributed by atoms with Gasteiger partial charge in [-0.15, -0.1) is 0 Å². The summed E-state index contributed by atoms with van der Waals surface area (Å²) < 4.78 is 6.83. The summed E-state index contributed by atoms with van der Waals surface area (Å²) in [5, 5.41) is 4.93. The molecule has 1 fully saturated rings. The summed E-state index contributed by atoms with van der Waals surface area (Å²) in [4.78, 5) is 4.11. The van der Waals surface area contributed by atoms with Gasteiger partial charge in [-0.25, -0.2) is 0 Å². The first-order chi connectivity index (χ1) is 12.7. The molecule has 1 aromatic heterocycles. The predicted octanol–water partition coefficient (Wildman–Crippen LogP) is 6.87. The molecule has 0 radical (unpaired) electrons. The zero-order valence-corrected chi connectivity index (χ0v) is 20.3. The van der Waals surface area contributed by atoms with Gasteiger partial charge in [0.05, 0.1) is 16.1 Å². The van der Waals surface area contributed by atoms with Crippen LogP contribution in [0.15, 0.2) is 12.4 Å². The molecule has 0 aromatic carbocycles. The lowest BCUT2D eigenvalue weighted by Gasteiger charge is -2.45. The number of hydrogen-bond donors (Lipinski definition) is 1. The minimum absolute atomic E-state index is 0.117. The fraction of sp³-hybridized carbons (Fsp3) is 0.762. The second kappa shape index (κ2) is 9.58. The Balaban J connectivity index is 2.14. The summed E-state index contributed by atoms with van der Waals surface area (Å²) >= 11 is 13.0. The lowest BCUT2D eigenvalue weighted by atomic mass is 9.66. The number of nitrogens with one attached hydrogen (secondary N) is 1. The molecule has 0 aliphatic heterocycles. The first kappa shape index (κ1) is 23.1. The van der Waals surface area contributed by atoms with Gasteiger partial charge in [0.15, 0.2) is 8.32 Å². The van der Waals surface area contributed by atoms with Crippen LogP contribution in [0.4, 0.5) is 0 Å². The fourth-order valence-electron chi connectivity index (χ4n) is 4.00. The molecule has 154 valence electrons. The molecule has 1 heterocycles. The molecule has 1 saturated carbocycles. The van der Waals surface area contributed by atoms with E-state index in [0.29, 0.717) is 21.5 Å². The summed E-state index contributed by atoms with van der Waals surface area (Å²) in [5.41, 5.74) is 1.28. The van der Waals surface area contributed by atoms with Gasteiger partial charge in [-0.05, 0) is 42.3 Å². The van der Waals surface area contributed by atoms with Gasteiger partial charge < -0.3 is 9.74 Å². The van der Waals surface area contributed by atoms with Gasteiger partial charge in [-0.3, -0.25) is 4.98 Å². The first-order valence-corrected chi connectivity index (χ1v) is 13.6. The first-order valence-electron chi connectivity index (χ1n) is 10.4. The van der Waals surface area contributed by atoms with E-state index < -0.39 is 8.32 Å². The second-order valence-electron chi connectivity index (χ2n) is 9.01. The molecule has 1 aliphatic rings. The Morgan fingerprint density at radius 3 is 2.07 bits per heavy atom. The average Bonchev–Trinajstić information content (AvgIpc) is 2.56. The van der Waals surface area contributed by atoms with Crippen LogP contribution in [0.25, 0.3) is 0 Å². The Morgan fingerprint density at radius 2 is 1.63 bits per heavy atom. The molecule has 1 aromatic rings. The Hall–Kier alpha value is -0.133. The zero-order chi connectivity index (χ0) is 20.2. The van der Waals surface area contributed by atoms with Crippen molar-refractivity contribution >= 4 is 31.5 Å². The van der Waals surface area contributed by atoms with Crippen molar-refractivity contribution in [1.82, 2.24) is 10.3 Å². The van der Waals surface area contributed by atoms with Crippen molar-refractivity contribution in [2.75, 3.05) is 6.54 Å². The molecule has 2 rings (SSSR count). The fourth-order valence-corrected chi connectivity index (χ4v) is 7.41. The van der Waals surface area contributed by atoms with Crippen LogP contribution in [0.5, 0.6) is 0 Å². The number of halogens is 2. The van der Waals surface area contributed by atoms with E-state index in [1.165, 1.54) is 12.8 Å². The Kier molecular flexibility index (Phi) is 8.21. The minimum atomic E-state index is -1.79. The summed E-state index contributed by atoms with van der Waals surface area (Å²) in [5.74, 6) is 0.790. The normalized spacial score (nSPS) is 21.8. The van der Waals surface area contributed by atoms with E-state index in [2.05, 4.69) is 51.8 Å². The third-order valence-electron chi connectivity index (χ3n) is 6.49. The van der Waals surface area contributed by atoms with Gasteiger partial charge in [0.2, 0.25) is 0 Å². The van der Waals surface area contributed by atoms with E-state index in [1.807, 2.05) is 0 Å². The maximum atomic E-state index is 6.83. The number of pyridine rings is 1. The Labute approximate surface area is 176 Å². The third-order valence-corrected chi connectivity index (χ3v) is 11.7. The molecule has 1 unspecified atom stereocenters. The van der Waals surface area contributed by atoms with Crippen molar-refractivity contribution in [3.05, 3.63) is 28.0 Å². The quantitative estimate of drug-likeness (QED) is 0.434. The second-order valence-corrected chi connectivity index (χ2v) is 14.5. The molecule has 0 amide bonds. The number of hydrogen-bond acceptors (Lipinski definition) is 3. The Bertz CT molecular complexity index is 582. The molecule has 1 aliphatic carbocycles. The topological polar surface area (TPSA) is 34.1 Å². The molecule has 0 saturated heterocycles. The number of aromatic nitrogens is 1. The average molecular weight is 432 g/mol. The predicted molar refractivity (Wildman–Crippen MR) is 119 cm³/mol. The number of nitrogens with zero attached hydrogens (tertiary/aromatic N) is 1. The summed E-state index contributed by atoms with van der Waals surface area (Å²) in [6, 6.07) is 3.87. The largest absolute Gasteiger partial charge is 0.409 e. The molecule has 27 heavy (non-hydrogen) atoms. The van der Waals surface area contributed by atoms with Crippen molar-refractivity contribution in [3.8, 4) is 0 Å². The van der Waals surface area contributed by atoms with Crippen LogP contribution < -0.4 is 5.32 Å². The van der Waals surface area contributed by atoms with Crippen molar-refractivity contribution in [2.24, 2.45) is 11.3 Å². The van der Waals surface area contributed by atoms with Crippen molar-refractivity contribution < 1.29 is 4.43 Å². The highest BCUT2D eigenvalue weighted by atomic mass is 35.5. The summed E-state index contributed by atoms with van der Waals surface area (Å²) in [7, 11) is -1.79. The van der Waals surface area contributed by atoms with E-state index in [-0.39, 0.29) is 6.10 Å². The minimum Gasteiger partial charge on any atom is -0.409 e. The molecule has 1 atom stereocenters. The van der Waals surface area contributed by atoms with Crippen LogP contribution in [0.3, 0.4) is 0 Å². The van der Waals surface area contributed by atoms with Gasteiger partial charge >= 0.3 is 0 Å². The molecule has 3 nitrogen and oxygen atoms in total. The molecule has 0 spiro atoms. The lowest BCUT2D eigenvalue weighted by Crippen LogP contribution is -2.48. The maximum Gasteiger partial charge on any atom is 0.192 e. The SMILES string of the molecule is CC[Si](CC)(CC)OC(CN[C@H]1C[C@@H](C(C)(C)C)C1)c1c(Cl)cncc1Cl. The third kappa shape index (κ3) is 5.69. The molecular formula is C21H36Cl2N2OSi. The van der Waals surface area contributed by atoms with Gasteiger partial charge in [0.25, 0.3) is 0 Å². The summed E-state index contributed by atoms with van der Waals surface area (Å²) in [6.07, 6.45) is 5.68. The van der Waals surface area contributed by atoms with Crippen LogP contribution >= 0.6 is 23.2 Å². The van der Waals surface area contributed by atoms with E-state index in [9.17, 15) is 0 Å². The van der Waals surface area contributed by atoms with E-state index in [0.717, 1.165) is 36.2 Å². The maximum absolute atomic E-state index is 6.83. The molecule has 1 N–H and O–H groups in total. The highest BCUT2D eigenvalue weighted by molar-refractivity contribution is 6.73. The van der Waals surface area contributed by atoms with E-state index in [4.69, 9.17) is 27.6 Å². The standard InChI is InChI=1S/C21H36Cl2N2OSi/c1-7-27(8-2,9-3)26-19(20-17(22)12-24-13-18(20)23)14-25-16-10-15(11-16)21(4,5)6/h12-13,15-16,19,25H,7-11,14H2,1-6H3/t15-,16+,19?. The molecule has 6 heteroatoms. The van der Waals surface area contributed by atoms with Crippen molar-refractivity contribution in [2.45, 2.75) is 84.7 Å². The van der Waals surface area contributed by atoms with Gasteiger partial charge in [-0.1, -0.05) is 64.7 Å². The summed E-state index contributed by atoms with van der Waals surface area (Å²) in [6.45, 7) is 14.5. The van der Waals surface area contributed by atoms with Crippen molar-refractivity contribution in [1.29, 1.82) is 0 Å². The van der Waals surface area contributed by atoms with Crippen LogP contribution in [0.1, 0.15) is 66.1 Å². The highest BCUT2D eigenvalue weighted by Gasteiger charge is 2.38. The van der Waals surface area contributed by atoms with Crippen molar-refractivity contribution in [3.63, 3.8) is 0 Å². The Morgan fingerprint density at radius 1 is 1.11 bits per heavy atom. The molecule has 0 bridgehead atoms. The van der Waals surface area contributed by atoms with Crippen LogP contribution in [0.2, 0.25) is 28.2 Å². The van der Waals surface area contributed by atoms with E-state index in [1.54, 1.807) is 12.4 Å². The smallest absolute Gasteiger partial charge is 0.192 e. The zero-order valence-electron chi connectivity index (χ0n) is 17.7. The monoisotopic (exact) mass is 430 g/mol. The van der Waals surface area contributed by atoms with E-state index >= 15 is 0 Å². The van der Waals surface area contributed by atoms with Crippen LogP contribution in [-0.4, -0.2) is 25.9 Å². The van der Waals surface area contributed by atoms with Crippen LogP contribution in [0, 0.1) is 11.3 Å². The molecular weight excluding hydrogens is 395 g/mol. The van der Waals surface area contributed by atoms with Gasteiger partial charge in [0.1, 0.15) is 0 Å². The number of rotatable bonds is 9.